The number of ether oxygens (including phenoxy) is 2. The Morgan fingerprint density at radius 2 is 2.26 bits per heavy atom. The number of likely N-dealkylation sites (tertiary alicyclic amines) is 1. The van der Waals surface area contributed by atoms with Gasteiger partial charge in [-0.3, -0.25) is 9.69 Å². The Morgan fingerprint density at radius 1 is 1.43 bits per heavy atom. The van der Waals surface area contributed by atoms with Crippen molar-refractivity contribution in [3.63, 3.8) is 0 Å². The first-order valence-electron chi connectivity index (χ1n) is 8.05. The van der Waals surface area contributed by atoms with Gasteiger partial charge in [0, 0.05) is 11.6 Å². The average Bonchev–Trinajstić information content (AvgIpc) is 2.90. The lowest BCUT2D eigenvalue weighted by Gasteiger charge is -2.60. The summed E-state index contributed by atoms with van der Waals surface area (Å²) < 4.78 is 11.6. The van der Waals surface area contributed by atoms with E-state index in [4.69, 9.17) is 9.47 Å². The van der Waals surface area contributed by atoms with Gasteiger partial charge in [0.25, 0.3) is 0 Å². The number of benzene rings is 1. The van der Waals surface area contributed by atoms with Gasteiger partial charge in [-0.25, -0.2) is 0 Å². The Hall–Kier alpha value is -1.85. The molecule has 1 fully saturated rings. The highest BCUT2D eigenvalue weighted by Crippen LogP contribution is 2.63. The molecule has 5 rings (SSSR count). The smallest absolute Gasteiger partial charge is 0.196 e. The van der Waals surface area contributed by atoms with Crippen LogP contribution in [0.25, 0.3) is 0 Å². The van der Waals surface area contributed by atoms with E-state index in [1.165, 1.54) is 6.08 Å². The number of methoxy groups -OCH3 is 1. The highest BCUT2D eigenvalue weighted by molar-refractivity contribution is 5.99. The zero-order valence-corrected chi connectivity index (χ0v) is 13.2. The maximum absolute atomic E-state index is 12.6. The first-order chi connectivity index (χ1) is 11.0. The summed E-state index contributed by atoms with van der Waals surface area (Å²) in [7, 11) is 3.65. The Bertz CT molecular complexity index is 773. The summed E-state index contributed by atoms with van der Waals surface area (Å²) in [6.45, 7) is 0.837. The molecule has 5 heteroatoms. The van der Waals surface area contributed by atoms with E-state index < -0.39 is 17.1 Å². The third-order valence-corrected chi connectivity index (χ3v) is 6.34. The van der Waals surface area contributed by atoms with Crippen LogP contribution in [-0.4, -0.2) is 54.2 Å². The molecule has 2 aliphatic carbocycles. The number of hydrogen-bond acceptors (Lipinski definition) is 5. The van der Waals surface area contributed by atoms with E-state index in [1.807, 2.05) is 13.1 Å². The molecule has 1 aromatic rings. The molecule has 5 nitrogen and oxygen atoms in total. The molecule has 4 atom stereocenters. The number of piperidine rings is 1. The molecule has 2 bridgehead atoms. The van der Waals surface area contributed by atoms with Crippen molar-refractivity contribution < 1.29 is 19.4 Å². The Labute approximate surface area is 134 Å². The van der Waals surface area contributed by atoms with Crippen molar-refractivity contribution in [3.05, 3.63) is 35.4 Å². The maximum atomic E-state index is 12.6. The largest absolute Gasteiger partial charge is 0.493 e. The average molecular weight is 313 g/mol. The van der Waals surface area contributed by atoms with Crippen molar-refractivity contribution in [2.45, 2.75) is 36.0 Å². The fraction of sp³-hybridized carbons (Fsp3) is 0.500. The number of hydrogen-bond donors (Lipinski definition) is 1. The Kier molecular flexibility index (Phi) is 2.34. The number of carbonyl (C=O) groups excluding carboxylic acids is 1. The molecule has 2 aliphatic heterocycles. The molecule has 0 aromatic heterocycles. The summed E-state index contributed by atoms with van der Waals surface area (Å²) >= 11 is 0. The van der Waals surface area contributed by atoms with Gasteiger partial charge in [-0.05, 0) is 50.2 Å². The second kappa shape index (κ2) is 3.97. The fourth-order valence-corrected chi connectivity index (χ4v) is 5.28. The minimum Gasteiger partial charge on any atom is -0.493 e. The van der Waals surface area contributed by atoms with Gasteiger partial charge < -0.3 is 14.6 Å². The van der Waals surface area contributed by atoms with Crippen molar-refractivity contribution in [1.82, 2.24) is 4.90 Å². The minimum absolute atomic E-state index is 0.0430. The van der Waals surface area contributed by atoms with Gasteiger partial charge in [-0.15, -0.1) is 0 Å². The summed E-state index contributed by atoms with van der Waals surface area (Å²) in [5.74, 6) is 1.22. The SMILES string of the molecule is COc1ccc2c3c1OC1C(=O)C=CC4(O)[C@@H](C2)N(C)CC[C@]314. The van der Waals surface area contributed by atoms with Crippen LogP contribution in [0.5, 0.6) is 11.5 Å². The normalized spacial score (nSPS) is 39.9. The third kappa shape index (κ3) is 1.28. The molecule has 23 heavy (non-hydrogen) atoms. The number of nitrogens with zero attached hydrogens (tertiary/aromatic N) is 1. The van der Waals surface area contributed by atoms with Gasteiger partial charge in [-0.2, -0.15) is 0 Å². The molecular formula is C18H19NO4. The zero-order valence-electron chi connectivity index (χ0n) is 13.2. The molecule has 0 radical (unpaired) electrons. The van der Waals surface area contributed by atoms with Gasteiger partial charge in [0.1, 0.15) is 5.60 Å². The van der Waals surface area contributed by atoms with Crippen LogP contribution in [0.4, 0.5) is 0 Å². The summed E-state index contributed by atoms with van der Waals surface area (Å²) in [4.78, 5) is 14.8. The van der Waals surface area contributed by atoms with Crippen molar-refractivity contribution >= 4 is 5.78 Å². The maximum Gasteiger partial charge on any atom is 0.196 e. The van der Waals surface area contributed by atoms with E-state index in [-0.39, 0.29) is 11.8 Å². The van der Waals surface area contributed by atoms with E-state index in [2.05, 4.69) is 11.0 Å². The van der Waals surface area contributed by atoms with Crippen LogP contribution in [-0.2, 0) is 16.6 Å². The molecular weight excluding hydrogens is 294 g/mol. The highest BCUT2D eigenvalue weighted by atomic mass is 16.5. The number of rotatable bonds is 1. The topological polar surface area (TPSA) is 59.0 Å². The Morgan fingerprint density at radius 3 is 3.04 bits per heavy atom. The molecule has 120 valence electrons. The van der Waals surface area contributed by atoms with Crippen LogP contribution in [0.15, 0.2) is 24.3 Å². The third-order valence-electron chi connectivity index (χ3n) is 6.34. The molecule has 2 heterocycles. The van der Waals surface area contributed by atoms with Crippen LogP contribution in [0.2, 0.25) is 0 Å². The summed E-state index contributed by atoms with van der Waals surface area (Å²) in [5.41, 5.74) is 0.385. The predicted octanol–water partition coefficient (Wildman–Crippen LogP) is 0.824. The first-order valence-corrected chi connectivity index (χ1v) is 8.05. The number of aliphatic hydroxyl groups is 1. The Balaban J connectivity index is 1.89. The lowest BCUT2D eigenvalue weighted by Crippen LogP contribution is -2.74. The van der Waals surface area contributed by atoms with Gasteiger partial charge >= 0.3 is 0 Å². The molecule has 0 saturated carbocycles. The first kappa shape index (κ1) is 13.6. The van der Waals surface area contributed by atoms with Gasteiger partial charge in [0.05, 0.1) is 12.5 Å². The van der Waals surface area contributed by atoms with E-state index in [0.717, 1.165) is 24.1 Å². The fourth-order valence-electron chi connectivity index (χ4n) is 5.28. The minimum atomic E-state index is -1.08. The highest BCUT2D eigenvalue weighted by Gasteiger charge is 2.71. The van der Waals surface area contributed by atoms with Crippen molar-refractivity contribution in [1.29, 1.82) is 0 Å². The molecule has 1 spiro atoms. The molecule has 0 amide bonds. The van der Waals surface area contributed by atoms with E-state index in [0.29, 0.717) is 17.9 Å². The number of ketones is 1. The number of carbonyl (C=O) groups is 1. The second-order valence-electron chi connectivity index (χ2n) is 7.11. The lowest BCUT2D eigenvalue weighted by atomic mass is 9.51. The molecule has 1 aromatic carbocycles. The summed E-state index contributed by atoms with van der Waals surface area (Å²) in [6.07, 6.45) is 4.00. The summed E-state index contributed by atoms with van der Waals surface area (Å²) in [5, 5.41) is 11.7. The van der Waals surface area contributed by atoms with E-state index in [9.17, 15) is 9.90 Å². The van der Waals surface area contributed by atoms with E-state index in [1.54, 1.807) is 13.2 Å². The van der Waals surface area contributed by atoms with Crippen LogP contribution >= 0.6 is 0 Å². The van der Waals surface area contributed by atoms with Crippen LogP contribution in [0.1, 0.15) is 17.5 Å². The van der Waals surface area contributed by atoms with Gasteiger partial charge in [-0.1, -0.05) is 6.07 Å². The monoisotopic (exact) mass is 313 g/mol. The quantitative estimate of drug-likeness (QED) is 0.832. The van der Waals surface area contributed by atoms with Gasteiger partial charge in [0.15, 0.2) is 23.4 Å². The van der Waals surface area contributed by atoms with Crippen molar-refractivity contribution in [3.8, 4) is 11.5 Å². The second-order valence-corrected chi connectivity index (χ2v) is 7.11. The van der Waals surface area contributed by atoms with Gasteiger partial charge in [0.2, 0.25) is 0 Å². The molecule has 1 N–H and O–H groups in total. The van der Waals surface area contributed by atoms with Crippen LogP contribution < -0.4 is 9.47 Å². The molecule has 4 aliphatic rings. The number of likely N-dealkylation sites (N-methyl/N-ethyl adjacent to an activating group) is 1. The molecule has 2 unspecified atom stereocenters. The van der Waals surface area contributed by atoms with Crippen molar-refractivity contribution in [2.75, 3.05) is 20.7 Å². The molecule has 1 saturated heterocycles. The summed E-state index contributed by atoms with van der Waals surface area (Å²) in [6, 6.07) is 3.92. The predicted molar refractivity (Wildman–Crippen MR) is 82.9 cm³/mol. The lowest BCUT2D eigenvalue weighted by molar-refractivity contribution is -0.151. The standard InChI is InChI=1S/C18H19NO4/c1-19-8-7-17-14-10-3-4-12(22-2)15(14)23-16(17)11(20)5-6-18(17,21)13(19)9-10/h3-6,13,16,21H,7-9H2,1-2H3/t13-,16?,17+,18?/m1/s1. The van der Waals surface area contributed by atoms with E-state index >= 15 is 0 Å². The van der Waals surface area contributed by atoms with Crippen molar-refractivity contribution in [2.24, 2.45) is 0 Å². The zero-order chi connectivity index (χ0) is 16.0. The van der Waals surface area contributed by atoms with Crippen LogP contribution in [0.3, 0.4) is 0 Å². The van der Waals surface area contributed by atoms with Crippen LogP contribution in [0, 0.1) is 0 Å².